The van der Waals surface area contributed by atoms with Crippen LogP contribution >= 0.6 is 0 Å². The lowest BCUT2D eigenvalue weighted by Crippen LogP contribution is -2.51. The first-order valence-electron chi connectivity index (χ1n) is 9.68. The predicted octanol–water partition coefficient (Wildman–Crippen LogP) is 4.21. The van der Waals surface area contributed by atoms with E-state index in [1.807, 2.05) is 51.1 Å². The highest BCUT2D eigenvalue weighted by Crippen LogP contribution is 2.17. The molecule has 0 aliphatic rings. The Balaban J connectivity index is 2.95. The van der Waals surface area contributed by atoms with E-state index in [0.717, 1.165) is 6.42 Å². The van der Waals surface area contributed by atoms with Crippen LogP contribution in [0.25, 0.3) is 0 Å². The quantitative estimate of drug-likeness (QED) is 0.619. The maximum Gasteiger partial charge on any atom is 0.411 e. The fourth-order valence-corrected chi connectivity index (χ4v) is 2.54. The Kier molecular flexibility index (Phi) is 8.95. The molecule has 6 nitrogen and oxygen atoms in total. The predicted molar refractivity (Wildman–Crippen MR) is 109 cm³/mol. The highest BCUT2D eigenvalue weighted by molar-refractivity contribution is 5.81. The third-order valence-electron chi connectivity index (χ3n) is 3.86. The van der Waals surface area contributed by atoms with Crippen LogP contribution < -0.4 is 0 Å². The Bertz CT molecular complexity index is 616. The number of ether oxygens (including phenoxy) is 3. The number of aryl methyl sites for hydroxylation is 1. The van der Waals surface area contributed by atoms with Gasteiger partial charge >= 0.3 is 12.1 Å². The van der Waals surface area contributed by atoms with Gasteiger partial charge in [0.15, 0.2) is 6.04 Å². The first-order chi connectivity index (χ1) is 12.9. The van der Waals surface area contributed by atoms with E-state index in [9.17, 15) is 9.59 Å². The number of benzene rings is 1. The lowest BCUT2D eigenvalue weighted by Gasteiger charge is -2.33. The second-order valence-corrected chi connectivity index (χ2v) is 8.73. The van der Waals surface area contributed by atoms with Crippen LogP contribution in [0.2, 0.25) is 0 Å². The van der Waals surface area contributed by atoms with Crippen molar-refractivity contribution in [2.24, 2.45) is 0 Å². The Hall–Kier alpha value is -2.08. The number of esters is 1. The van der Waals surface area contributed by atoms with E-state index in [1.165, 1.54) is 17.6 Å². The summed E-state index contributed by atoms with van der Waals surface area (Å²) in [4.78, 5) is 26.7. The fourth-order valence-electron chi connectivity index (χ4n) is 2.54. The lowest BCUT2D eigenvalue weighted by atomic mass is 10.1. The molecule has 0 heterocycles. The largest absolute Gasteiger partial charge is 0.467 e. The Morgan fingerprint density at radius 3 is 2.11 bits per heavy atom. The van der Waals surface area contributed by atoms with E-state index in [1.54, 1.807) is 20.8 Å². The maximum absolute atomic E-state index is 12.8. The van der Waals surface area contributed by atoms with Crippen LogP contribution in [0.5, 0.6) is 0 Å². The topological polar surface area (TPSA) is 65.1 Å². The molecule has 1 amide bonds. The molecule has 0 spiro atoms. The third-order valence-corrected chi connectivity index (χ3v) is 3.86. The zero-order chi connectivity index (χ0) is 21.4. The standard InChI is InChI=1S/C22H35NO5/c1-21(2,3)27-16-18(19(24)26-7)23(20(25)28-22(4,5)6)15-11-14-17-12-9-8-10-13-17/h8-10,12-13,18H,11,14-16H2,1-7H3/t18-/m1/s1. The zero-order valence-corrected chi connectivity index (χ0v) is 18.3. The van der Waals surface area contributed by atoms with Gasteiger partial charge in [-0.2, -0.15) is 0 Å². The van der Waals surface area contributed by atoms with Crippen LogP contribution in [-0.4, -0.2) is 54.5 Å². The van der Waals surface area contributed by atoms with Crippen LogP contribution in [0.1, 0.15) is 53.5 Å². The van der Waals surface area contributed by atoms with Crippen molar-refractivity contribution in [3.8, 4) is 0 Å². The van der Waals surface area contributed by atoms with Crippen molar-refractivity contribution in [2.45, 2.75) is 71.6 Å². The normalized spacial score (nSPS) is 13.0. The average molecular weight is 394 g/mol. The number of carbonyl (C=O) groups excluding carboxylic acids is 2. The summed E-state index contributed by atoms with van der Waals surface area (Å²) in [6, 6.07) is 9.14. The summed E-state index contributed by atoms with van der Waals surface area (Å²) in [6.07, 6.45) is 0.925. The summed E-state index contributed by atoms with van der Waals surface area (Å²) >= 11 is 0. The summed E-state index contributed by atoms with van der Waals surface area (Å²) in [5.74, 6) is -0.519. The minimum Gasteiger partial charge on any atom is -0.467 e. The molecule has 0 unspecified atom stereocenters. The van der Waals surface area contributed by atoms with Gasteiger partial charge in [0.1, 0.15) is 5.60 Å². The molecule has 0 bridgehead atoms. The molecule has 1 atom stereocenters. The smallest absolute Gasteiger partial charge is 0.411 e. The van der Waals surface area contributed by atoms with Gasteiger partial charge in [0.05, 0.1) is 19.3 Å². The van der Waals surface area contributed by atoms with E-state index in [2.05, 4.69) is 0 Å². The third kappa shape index (κ3) is 9.22. The summed E-state index contributed by atoms with van der Waals surface area (Å²) in [5.41, 5.74) is 0.0585. The Morgan fingerprint density at radius 2 is 1.61 bits per heavy atom. The molecule has 0 saturated carbocycles. The number of hydrogen-bond acceptors (Lipinski definition) is 5. The van der Waals surface area contributed by atoms with Crippen molar-refractivity contribution in [3.05, 3.63) is 35.9 Å². The molecule has 0 radical (unpaired) electrons. The molecule has 1 aromatic carbocycles. The van der Waals surface area contributed by atoms with Gasteiger partial charge in [-0.3, -0.25) is 4.90 Å². The molecule has 0 saturated heterocycles. The minimum absolute atomic E-state index is 0.0424. The summed E-state index contributed by atoms with van der Waals surface area (Å²) in [5, 5.41) is 0. The molecule has 0 fully saturated rings. The number of amides is 1. The second kappa shape index (κ2) is 10.5. The molecule has 0 aliphatic carbocycles. The summed E-state index contributed by atoms with van der Waals surface area (Å²) in [6.45, 7) is 11.5. The van der Waals surface area contributed by atoms with Crippen molar-refractivity contribution < 1.29 is 23.8 Å². The molecule has 28 heavy (non-hydrogen) atoms. The van der Waals surface area contributed by atoms with Crippen molar-refractivity contribution in [3.63, 3.8) is 0 Å². The molecule has 6 heteroatoms. The highest BCUT2D eigenvalue weighted by atomic mass is 16.6. The molecular formula is C22H35NO5. The number of rotatable bonds is 8. The van der Waals surface area contributed by atoms with E-state index in [4.69, 9.17) is 14.2 Å². The Morgan fingerprint density at radius 1 is 1.00 bits per heavy atom. The van der Waals surface area contributed by atoms with Crippen LogP contribution in [0.3, 0.4) is 0 Å². The van der Waals surface area contributed by atoms with Gasteiger partial charge in [0.2, 0.25) is 0 Å². The lowest BCUT2D eigenvalue weighted by molar-refractivity contribution is -0.151. The Labute approximate surface area is 169 Å². The van der Waals surface area contributed by atoms with Crippen molar-refractivity contribution in [1.82, 2.24) is 4.90 Å². The van der Waals surface area contributed by atoms with Crippen molar-refractivity contribution in [2.75, 3.05) is 20.3 Å². The molecule has 0 aliphatic heterocycles. The molecule has 1 aromatic rings. The van der Waals surface area contributed by atoms with Crippen LogP contribution in [0.4, 0.5) is 4.79 Å². The monoisotopic (exact) mass is 393 g/mol. The van der Waals surface area contributed by atoms with Gasteiger partial charge in [0, 0.05) is 6.54 Å². The number of nitrogens with zero attached hydrogens (tertiary/aromatic N) is 1. The van der Waals surface area contributed by atoms with Gasteiger partial charge in [-0.25, -0.2) is 9.59 Å². The second-order valence-electron chi connectivity index (χ2n) is 8.73. The molecule has 1 rings (SSSR count). The van der Waals surface area contributed by atoms with Gasteiger partial charge in [0.25, 0.3) is 0 Å². The van der Waals surface area contributed by atoms with E-state index >= 15 is 0 Å². The van der Waals surface area contributed by atoms with Crippen LogP contribution in [0.15, 0.2) is 30.3 Å². The summed E-state index contributed by atoms with van der Waals surface area (Å²) < 4.78 is 16.3. The van der Waals surface area contributed by atoms with E-state index in [-0.39, 0.29) is 6.61 Å². The molecule has 0 aromatic heterocycles. The fraction of sp³-hybridized carbons (Fsp3) is 0.636. The van der Waals surface area contributed by atoms with Crippen molar-refractivity contribution in [1.29, 1.82) is 0 Å². The van der Waals surface area contributed by atoms with Crippen LogP contribution in [-0.2, 0) is 25.4 Å². The first kappa shape index (κ1) is 24.0. The maximum atomic E-state index is 12.8. The number of carbonyl (C=O) groups is 2. The van der Waals surface area contributed by atoms with E-state index < -0.39 is 29.3 Å². The van der Waals surface area contributed by atoms with Gasteiger partial charge in [-0.1, -0.05) is 30.3 Å². The van der Waals surface area contributed by atoms with Crippen molar-refractivity contribution >= 4 is 12.1 Å². The van der Waals surface area contributed by atoms with Gasteiger partial charge < -0.3 is 14.2 Å². The zero-order valence-electron chi connectivity index (χ0n) is 18.3. The first-order valence-corrected chi connectivity index (χ1v) is 9.68. The van der Waals surface area contributed by atoms with Crippen LogP contribution in [0, 0.1) is 0 Å². The SMILES string of the molecule is COC(=O)[C@@H](COC(C)(C)C)N(CCCc1ccccc1)C(=O)OC(C)(C)C. The average Bonchev–Trinajstić information content (AvgIpc) is 2.58. The molecule has 0 N–H and O–H groups in total. The number of methoxy groups -OCH3 is 1. The molecular weight excluding hydrogens is 358 g/mol. The van der Waals surface area contributed by atoms with Gasteiger partial charge in [-0.05, 0) is 59.9 Å². The van der Waals surface area contributed by atoms with E-state index in [0.29, 0.717) is 13.0 Å². The van der Waals surface area contributed by atoms with Gasteiger partial charge in [-0.15, -0.1) is 0 Å². The minimum atomic E-state index is -0.866. The number of hydrogen-bond donors (Lipinski definition) is 0. The highest BCUT2D eigenvalue weighted by Gasteiger charge is 2.34. The summed E-state index contributed by atoms with van der Waals surface area (Å²) in [7, 11) is 1.31. The molecule has 158 valence electrons.